The van der Waals surface area contributed by atoms with Crippen LogP contribution in [-0.4, -0.2) is 6.61 Å². The smallest absolute Gasteiger partial charge is 0.119 e. The first-order valence-electron chi connectivity index (χ1n) is 9.92. The minimum absolute atomic E-state index is 0.751. The second-order valence-electron chi connectivity index (χ2n) is 6.77. The van der Waals surface area contributed by atoms with Crippen LogP contribution >= 0.6 is 11.6 Å². The summed E-state index contributed by atoms with van der Waals surface area (Å²) in [5.41, 5.74) is 3.55. The van der Waals surface area contributed by atoms with Gasteiger partial charge in [0.2, 0.25) is 0 Å². The van der Waals surface area contributed by atoms with Gasteiger partial charge >= 0.3 is 0 Å². The number of hydrogen-bond acceptors (Lipinski definition) is 1. The lowest BCUT2D eigenvalue weighted by Crippen LogP contribution is -1.96. The molecule has 26 heavy (non-hydrogen) atoms. The zero-order valence-electron chi connectivity index (χ0n) is 16.1. The summed E-state index contributed by atoms with van der Waals surface area (Å²) in [4.78, 5) is 0. The number of benzene rings is 2. The first-order chi connectivity index (χ1) is 12.7. The maximum absolute atomic E-state index is 6.50. The van der Waals surface area contributed by atoms with Crippen molar-refractivity contribution >= 4 is 22.7 Å². The highest BCUT2D eigenvalue weighted by atomic mass is 35.5. The van der Waals surface area contributed by atoms with E-state index in [-0.39, 0.29) is 0 Å². The molecule has 0 spiro atoms. The van der Waals surface area contributed by atoms with Crippen molar-refractivity contribution in [1.29, 1.82) is 0 Å². The number of unbranched alkanes of at least 4 members (excludes halogenated alkanes) is 4. The van der Waals surface area contributed by atoms with Gasteiger partial charge in [-0.2, -0.15) is 0 Å². The molecule has 2 rings (SSSR count). The van der Waals surface area contributed by atoms with E-state index in [4.69, 9.17) is 16.3 Å². The minimum Gasteiger partial charge on any atom is -0.494 e. The molecule has 1 nitrogen and oxygen atoms in total. The summed E-state index contributed by atoms with van der Waals surface area (Å²) in [6, 6.07) is 16.7. The van der Waals surface area contributed by atoms with Gasteiger partial charge in [-0.3, -0.25) is 0 Å². The van der Waals surface area contributed by atoms with Gasteiger partial charge in [-0.1, -0.05) is 75.4 Å². The third-order valence-corrected chi connectivity index (χ3v) is 4.82. The molecule has 0 aliphatic heterocycles. The highest BCUT2D eigenvalue weighted by Gasteiger charge is 2.01. The fourth-order valence-corrected chi connectivity index (χ4v) is 3.06. The summed E-state index contributed by atoms with van der Waals surface area (Å²) in [5.74, 6) is 0.902. The second kappa shape index (κ2) is 11.8. The van der Waals surface area contributed by atoms with Crippen molar-refractivity contribution < 1.29 is 4.74 Å². The first-order valence-corrected chi connectivity index (χ1v) is 10.3. The van der Waals surface area contributed by atoms with Crippen LogP contribution in [0.5, 0.6) is 5.75 Å². The van der Waals surface area contributed by atoms with Crippen LogP contribution in [0.4, 0.5) is 0 Å². The molecule has 0 aliphatic carbocycles. The van der Waals surface area contributed by atoms with Gasteiger partial charge in [-0.15, -0.1) is 0 Å². The van der Waals surface area contributed by atoms with Crippen molar-refractivity contribution in [2.24, 2.45) is 0 Å². The fraction of sp³-hybridized carbons (Fsp3) is 0.417. The van der Waals surface area contributed by atoms with Gasteiger partial charge in [0.05, 0.1) is 6.61 Å². The van der Waals surface area contributed by atoms with E-state index in [0.29, 0.717) is 0 Å². The average Bonchev–Trinajstić information content (AvgIpc) is 2.67. The second-order valence-corrected chi connectivity index (χ2v) is 7.18. The van der Waals surface area contributed by atoms with Gasteiger partial charge < -0.3 is 4.74 Å². The lowest BCUT2D eigenvalue weighted by atomic mass is 10.0. The lowest BCUT2D eigenvalue weighted by molar-refractivity contribution is 0.309. The highest BCUT2D eigenvalue weighted by molar-refractivity contribution is 6.51. The van der Waals surface area contributed by atoms with Crippen LogP contribution in [0.15, 0.2) is 48.5 Å². The average molecular weight is 371 g/mol. The SMILES string of the molecule is CCCCCCc1ccc(C=C(Cl)c2ccc(OCCCC)cc2)cc1. The molecule has 0 heterocycles. The first kappa shape index (κ1) is 20.6. The van der Waals surface area contributed by atoms with E-state index in [0.717, 1.165) is 47.8 Å². The molecule has 0 unspecified atom stereocenters. The zero-order valence-corrected chi connectivity index (χ0v) is 16.9. The largest absolute Gasteiger partial charge is 0.494 e. The Morgan fingerprint density at radius 3 is 2.19 bits per heavy atom. The summed E-state index contributed by atoms with van der Waals surface area (Å²) >= 11 is 6.50. The molecule has 0 bridgehead atoms. The van der Waals surface area contributed by atoms with E-state index in [1.165, 1.54) is 31.2 Å². The zero-order chi connectivity index (χ0) is 18.6. The van der Waals surface area contributed by atoms with Gasteiger partial charge in [0.15, 0.2) is 0 Å². The monoisotopic (exact) mass is 370 g/mol. The van der Waals surface area contributed by atoms with Crippen molar-refractivity contribution in [3.05, 3.63) is 65.2 Å². The van der Waals surface area contributed by atoms with Crippen LogP contribution in [0.1, 0.15) is 69.1 Å². The van der Waals surface area contributed by atoms with Crippen molar-refractivity contribution in [3.8, 4) is 5.75 Å². The molecule has 0 aromatic heterocycles. The number of hydrogen-bond donors (Lipinski definition) is 0. The maximum Gasteiger partial charge on any atom is 0.119 e. The molecule has 2 aromatic rings. The molecule has 140 valence electrons. The number of ether oxygens (including phenoxy) is 1. The molecular formula is C24H31ClO. The summed E-state index contributed by atoms with van der Waals surface area (Å²) in [6.07, 6.45) is 10.6. The quantitative estimate of drug-likeness (QED) is 0.290. The van der Waals surface area contributed by atoms with Gasteiger partial charge in [-0.05, 0) is 66.3 Å². The molecule has 0 saturated carbocycles. The van der Waals surface area contributed by atoms with Gasteiger partial charge in [0.1, 0.15) is 5.75 Å². The van der Waals surface area contributed by atoms with Crippen molar-refractivity contribution in [1.82, 2.24) is 0 Å². The Balaban J connectivity index is 1.91. The van der Waals surface area contributed by atoms with Crippen LogP contribution in [-0.2, 0) is 6.42 Å². The minimum atomic E-state index is 0.751. The van der Waals surface area contributed by atoms with E-state index in [2.05, 4.69) is 38.1 Å². The van der Waals surface area contributed by atoms with Crippen molar-refractivity contribution in [2.45, 2.75) is 58.8 Å². The Bertz CT molecular complexity index is 656. The topological polar surface area (TPSA) is 9.23 Å². The Morgan fingerprint density at radius 1 is 0.846 bits per heavy atom. The molecule has 0 fully saturated rings. The van der Waals surface area contributed by atoms with E-state index in [9.17, 15) is 0 Å². The third kappa shape index (κ3) is 7.25. The van der Waals surface area contributed by atoms with Crippen LogP contribution in [0.25, 0.3) is 11.1 Å². The predicted octanol–water partition coefficient (Wildman–Crippen LogP) is 7.73. The summed E-state index contributed by atoms with van der Waals surface area (Å²) in [6.45, 7) is 5.18. The molecule has 0 radical (unpaired) electrons. The molecule has 0 amide bonds. The number of rotatable bonds is 11. The number of halogens is 1. The van der Waals surface area contributed by atoms with Crippen LogP contribution in [0, 0.1) is 0 Å². The van der Waals surface area contributed by atoms with Gasteiger partial charge in [0.25, 0.3) is 0 Å². The standard InChI is InChI=1S/C24H31ClO/c1-3-5-7-8-9-20-10-12-21(13-11-20)19-24(25)22-14-16-23(17-15-22)26-18-6-4-2/h10-17,19H,3-9,18H2,1-2H3. The van der Waals surface area contributed by atoms with Crippen LogP contribution in [0.3, 0.4) is 0 Å². The normalized spacial score (nSPS) is 11.6. The molecule has 2 aromatic carbocycles. The Kier molecular flexibility index (Phi) is 9.34. The predicted molar refractivity (Wildman–Crippen MR) is 115 cm³/mol. The van der Waals surface area contributed by atoms with Crippen LogP contribution in [0.2, 0.25) is 0 Å². The Morgan fingerprint density at radius 2 is 1.54 bits per heavy atom. The van der Waals surface area contributed by atoms with E-state index >= 15 is 0 Å². The summed E-state index contributed by atoms with van der Waals surface area (Å²) in [5, 5.41) is 0.751. The molecule has 0 aliphatic rings. The Hall–Kier alpha value is -1.73. The molecule has 0 saturated heterocycles. The summed E-state index contributed by atoms with van der Waals surface area (Å²) < 4.78 is 5.70. The fourth-order valence-electron chi connectivity index (χ4n) is 2.81. The van der Waals surface area contributed by atoms with Crippen molar-refractivity contribution in [2.75, 3.05) is 6.61 Å². The lowest BCUT2D eigenvalue weighted by Gasteiger charge is -2.06. The Labute approximate surface area is 164 Å². The van der Waals surface area contributed by atoms with E-state index in [1.807, 2.05) is 30.3 Å². The highest BCUT2D eigenvalue weighted by Crippen LogP contribution is 2.25. The van der Waals surface area contributed by atoms with Crippen LogP contribution < -0.4 is 4.74 Å². The molecular weight excluding hydrogens is 340 g/mol. The molecule has 2 heteroatoms. The molecule has 0 atom stereocenters. The summed E-state index contributed by atoms with van der Waals surface area (Å²) in [7, 11) is 0. The number of aryl methyl sites for hydroxylation is 1. The maximum atomic E-state index is 6.50. The van der Waals surface area contributed by atoms with Gasteiger partial charge in [0, 0.05) is 5.03 Å². The van der Waals surface area contributed by atoms with Gasteiger partial charge in [-0.25, -0.2) is 0 Å². The van der Waals surface area contributed by atoms with E-state index < -0.39 is 0 Å². The van der Waals surface area contributed by atoms with E-state index in [1.54, 1.807) is 0 Å². The third-order valence-electron chi connectivity index (χ3n) is 4.49. The molecule has 0 N–H and O–H groups in total. The van der Waals surface area contributed by atoms with Crippen molar-refractivity contribution in [3.63, 3.8) is 0 Å².